The molecular formula is C23H29N5O3S. The van der Waals surface area contributed by atoms with Crippen LogP contribution < -0.4 is 4.90 Å². The Balaban J connectivity index is 1.42. The van der Waals surface area contributed by atoms with Crippen LogP contribution in [0, 0.1) is 0 Å². The number of hydrogen-bond donors (Lipinski definition) is 0. The van der Waals surface area contributed by atoms with Gasteiger partial charge >= 0.3 is 0 Å². The first-order chi connectivity index (χ1) is 15.5. The minimum absolute atomic E-state index is 0.0599. The van der Waals surface area contributed by atoms with E-state index in [1.165, 1.54) is 11.8 Å². The normalized spacial score (nSPS) is 15.8. The monoisotopic (exact) mass is 455 g/mol. The summed E-state index contributed by atoms with van der Waals surface area (Å²) in [5.41, 5.74) is 2.24. The van der Waals surface area contributed by atoms with Gasteiger partial charge in [0.2, 0.25) is 5.91 Å². The molecule has 3 heterocycles. The molecule has 0 radical (unpaired) electrons. The summed E-state index contributed by atoms with van der Waals surface area (Å²) < 4.78 is 13.1. The molecule has 1 amide bonds. The summed E-state index contributed by atoms with van der Waals surface area (Å²) in [6.07, 6.45) is 3.75. The van der Waals surface area contributed by atoms with Crippen molar-refractivity contribution >= 4 is 23.4 Å². The predicted octanol–water partition coefficient (Wildman–Crippen LogP) is 3.44. The summed E-state index contributed by atoms with van der Waals surface area (Å²) in [5, 5.41) is 9.11. The van der Waals surface area contributed by atoms with Crippen LogP contribution in [-0.2, 0) is 23.1 Å². The van der Waals surface area contributed by atoms with E-state index in [4.69, 9.17) is 9.15 Å². The molecular weight excluding hydrogens is 426 g/mol. The fourth-order valence-corrected chi connectivity index (χ4v) is 4.50. The van der Waals surface area contributed by atoms with Gasteiger partial charge in [-0.05, 0) is 42.7 Å². The SMILES string of the molecule is CN(C)c1ccc(CN(CC2CCCO2)C(=O)CSc2nnc(-c3ccco3)n2C)cc1. The van der Waals surface area contributed by atoms with Crippen LogP contribution >= 0.6 is 11.8 Å². The van der Waals surface area contributed by atoms with Crippen LogP contribution in [0.5, 0.6) is 0 Å². The molecule has 0 spiro atoms. The van der Waals surface area contributed by atoms with Gasteiger partial charge in [0.05, 0.1) is 18.1 Å². The zero-order valence-corrected chi connectivity index (χ0v) is 19.5. The van der Waals surface area contributed by atoms with Crippen molar-refractivity contribution in [2.24, 2.45) is 7.05 Å². The van der Waals surface area contributed by atoms with Crippen molar-refractivity contribution in [3.8, 4) is 11.6 Å². The van der Waals surface area contributed by atoms with Crippen molar-refractivity contribution in [2.45, 2.75) is 30.6 Å². The Morgan fingerprint density at radius 2 is 2.03 bits per heavy atom. The number of thioether (sulfide) groups is 1. The van der Waals surface area contributed by atoms with Gasteiger partial charge in [0.15, 0.2) is 16.7 Å². The maximum absolute atomic E-state index is 13.2. The van der Waals surface area contributed by atoms with Crippen LogP contribution in [0.25, 0.3) is 11.6 Å². The molecule has 2 aromatic heterocycles. The van der Waals surface area contributed by atoms with Crippen molar-refractivity contribution in [3.05, 3.63) is 48.2 Å². The van der Waals surface area contributed by atoms with Crippen LogP contribution in [0.1, 0.15) is 18.4 Å². The largest absolute Gasteiger partial charge is 0.461 e. The summed E-state index contributed by atoms with van der Waals surface area (Å²) in [6.45, 7) is 1.93. The van der Waals surface area contributed by atoms with Gasteiger partial charge in [-0.3, -0.25) is 4.79 Å². The van der Waals surface area contributed by atoms with E-state index >= 15 is 0 Å². The van der Waals surface area contributed by atoms with Gasteiger partial charge in [-0.25, -0.2) is 0 Å². The number of nitrogens with zero attached hydrogens (tertiary/aromatic N) is 5. The zero-order valence-electron chi connectivity index (χ0n) is 18.7. The minimum Gasteiger partial charge on any atom is -0.461 e. The van der Waals surface area contributed by atoms with Crippen LogP contribution in [0.15, 0.2) is 52.2 Å². The van der Waals surface area contributed by atoms with Gasteiger partial charge in [-0.1, -0.05) is 23.9 Å². The number of benzene rings is 1. The number of hydrogen-bond acceptors (Lipinski definition) is 7. The van der Waals surface area contributed by atoms with Gasteiger partial charge in [0, 0.05) is 46.5 Å². The number of anilines is 1. The van der Waals surface area contributed by atoms with Crippen LogP contribution in [0.4, 0.5) is 5.69 Å². The highest BCUT2D eigenvalue weighted by atomic mass is 32.2. The topological polar surface area (TPSA) is 76.6 Å². The number of ether oxygens (including phenoxy) is 1. The highest BCUT2D eigenvalue weighted by molar-refractivity contribution is 7.99. The molecule has 1 atom stereocenters. The fourth-order valence-electron chi connectivity index (χ4n) is 3.69. The van der Waals surface area contributed by atoms with E-state index in [0.717, 1.165) is 30.7 Å². The van der Waals surface area contributed by atoms with Crippen molar-refractivity contribution in [3.63, 3.8) is 0 Å². The molecule has 0 N–H and O–H groups in total. The van der Waals surface area contributed by atoms with Crippen LogP contribution in [-0.4, -0.2) is 64.7 Å². The van der Waals surface area contributed by atoms with E-state index < -0.39 is 0 Å². The number of amides is 1. The van der Waals surface area contributed by atoms with Crippen LogP contribution in [0.2, 0.25) is 0 Å². The van der Waals surface area contributed by atoms with Crippen LogP contribution in [0.3, 0.4) is 0 Å². The maximum Gasteiger partial charge on any atom is 0.233 e. The lowest BCUT2D eigenvalue weighted by Gasteiger charge is -2.26. The lowest BCUT2D eigenvalue weighted by Crippen LogP contribution is -2.38. The third kappa shape index (κ3) is 5.34. The molecule has 1 aromatic carbocycles. The van der Waals surface area contributed by atoms with Gasteiger partial charge in [0.25, 0.3) is 0 Å². The Bertz CT molecular complexity index is 1010. The Labute approximate surface area is 192 Å². The second-order valence-corrected chi connectivity index (χ2v) is 9.04. The second kappa shape index (κ2) is 10.2. The smallest absolute Gasteiger partial charge is 0.233 e. The minimum atomic E-state index is 0.0599. The van der Waals surface area contributed by atoms with Crippen molar-refractivity contribution in [1.82, 2.24) is 19.7 Å². The van der Waals surface area contributed by atoms with Crippen molar-refractivity contribution < 1.29 is 13.9 Å². The number of aromatic nitrogens is 3. The molecule has 1 aliphatic rings. The number of carbonyl (C=O) groups excluding carboxylic acids is 1. The van der Waals surface area contributed by atoms with Gasteiger partial charge in [-0.2, -0.15) is 0 Å². The molecule has 1 aliphatic heterocycles. The molecule has 0 aliphatic carbocycles. The first-order valence-corrected chi connectivity index (χ1v) is 11.7. The first-order valence-electron chi connectivity index (χ1n) is 10.7. The third-order valence-corrected chi connectivity index (χ3v) is 6.53. The maximum atomic E-state index is 13.2. The Morgan fingerprint density at radius 3 is 2.69 bits per heavy atom. The molecule has 3 aromatic rings. The Hall–Kier alpha value is -2.78. The average molecular weight is 456 g/mol. The highest BCUT2D eigenvalue weighted by Gasteiger charge is 2.24. The Kier molecular flexibility index (Phi) is 7.16. The summed E-state index contributed by atoms with van der Waals surface area (Å²) in [6, 6.07) is 12.0. The molecule has 0 saturated carbocycles. The lowest BCUT2D eigenvalue weighted by molar-refractivity contribution is -0.130. The van der Waals surface area contributed by atoms with Gasteiger partial charge < -0.3 is 23.5 Å². The molecule has 1 unspecified atom stereocenters. The second-order valence-electron chi connectivity index (χ2n) is 8.10. The molecule has 1 fully saturated rings. The summed E-state index contributed by atoms with van der Waals surface area (Å²) >= 11 is 1.39. The van der Waals surface area contributed by atoms with E-state index in [1.54, 1.807) is 6.26 Å². The average Bonchev–Trinajstić information content (AvgIpc) is 3.55. The number of furan rings is 1. The lowest BCUT2D eigenvalue weighted by atomic mass is 10.1. The van der Waals surface area contributed by atoms with E-state index in [1.807, 2.05) is 42.7 Å². The third-order valence-electron chi connectivity index (χ3n) is 5.53. The number of rotatable bonds is 9. The van der Waals surface area contributed by atoms with Gasteiger partial charge in [0.1, 0.15) is 0 Å². The summed E-state index contributed by atoms with van der Waals surface area (Å²) in [7, 11) is 5.91. The standard InChI is InChI=1S/C23H29N5O3S/c1-26(2)18-10-8-17(9-11-18)14-28(15-19-6-4-12-30-19)21(29)16-32-23-25-24-22(27(23)3)20-7-5-13-31-20/h5,7-11,13,19H,4,6,12,14-16H2,1-3H3. The van der Waals surface area contributed by atoms with Crippen molar-refractivity contribution in [2.75, 3.05) is 37.9 Å². The highest BCUT2D eigenvalue weighted by Crippen LogP contribution is 2.24. The first kappa shape index (κ1) is 22.4. The summed E-state index contributed by atoms with van der Waals surface area (Å²) in [5.74, 6) is 1.64. The molecule has 32 heavy (non-hydrogen) atoms. The molecule has 170 valence electrons. The molecule has 4 rings (SSSR count). The molecule has 8 nitrogen and oxygen atoms in total. The fraction of sp³-hybridized carbons (Fsp3) is 0.435. The van der Waals surface area contributed by atoms with Crippen molar-refractivity contribution in [1.29, 1.82) is 0 Å². The molecule has 9 heteroatoms. The predicted molar refractivity (Wildman–Crippen MR) is 125 cm³/mol. The zero-order chi connectivity index (χ0) is 22.5. The molecule has 0 bridgehead atoms. The van der Waals surface area contributed by atoms with E-state index in [-0.39, 0.29) is 17.8 Å². The quantitative estimate of drug-likeness (QED) is 0.458. The van der Waals surface area contributed by atoms with E-state index in [2.05, 4.69) is 39.4 Å². The van der Waals surface area contributed by atoms with E-state index in [0.29, 0.717) is 29.8 Å². The van der Waals surface area contributed by atoms with E-state index in [9.17, 15) is 4.79 Å². The molecule has 1 saturated heterocycles. The van der Waals surface area contributed by atoms with Gasteiger partial charge in [-0.15, -0.1) is 10.2 Å². The Morgan fingerprint density at radius 1 is 1.22 bits per heavy atom. The summed E-state index contributed by atoms with van der Waals surface area (Å²) in [4.78, 5) is 17.2. The number of carbonyl (C=O) groups is 1.